The lowest BCUT2D eigenvalue weighted by Gasteiger charge is -2.28. The van der Waals surface area contributed by atoms with E-state index in [1.807, 2.05) is 6.92 Å². The van der Waals surface area contributed by atoms with Gasteiger partial charge in [0.2, 0.25) is 5.91 Å². The molecule has 0 spiro atoms. The number of hydrogen-bond donors (Lipinski definition) is 1. The molecule has 0 unspecified atom stereocenters. The second-order valence-corrected chi connectivity index (χ2v) is 5.47. The molecule has 1 heterocycles. The van der Waals surface area contributed by atoms with Crippen molar-refractivity contribution in [2.75, 3.05) is 0 Å². The molecule has 1 fully saturated rings. The van der Waals surface area contributed by atoms with Crippen LogP contribution in [0.4, 0.5) is 0 Å². The maximum atomic E-state index is 11.7. The first-order valence-electron chi connectivity index (χ1n) is 6.21. The van der Waals surface area contributed by atoms with Crippen LogP contribution in [0.15, 0.2) is 24.3 Å². The summed E-state index contributed by atoms with van der Waals surface area (Å²) in [5, 5.41) is 3.07. The van der Waals surface area contributed by atoms with Crippen molar-refractivity contribution >= 4 is 12.1 Å². The lowest BCUT2D eigenvalue weighted by Crippen LogP contribution is -2.38. The molecule has 0 aliphatic carbocycles. The first kappa shape index (κ1) is 15.1. The van der Waals surface area contributed by atoms with Crippen LogP contribution in [0.2, 0.25) is 0 Å². The number of hydrogen-bond acceptors (Lipinski definition) is 3. The van der Waals surface area contributed by atoms with Crippen molar-refractivity contribution in [3.05, 3.63) is 35.4 Å². The van der Waals surface area contributed by atoms with E-state index in [-0.39, 0.29) is 29.4 Å². The van der Waals surface area contributed by atoms with Gasteiger partial charge >= 0.3 is 6.15 Å². The second-order valence-electron chi connectivity index (χ2n) is 5.47. The maximum Gasteiger partial charge on any atom is 0.373 e. The fourth-order valence-corrected chi connectivity index (χ4v) is 2.76. The smallest absolute Gasteiger partial charge is 0.350 e. The summed E-state index contributed by atoms with van der Waals surface area (Å²) in [7, 11) is 0. The highest BCUT2D eigenvalue weighted by molar-refractivity contribution is 5.83. The molecular weight excluding hydrogens is 242 g/mol. The Morgan fingerprint density at radius 2 is 1.63 bits per heavy atom. The Morgan fingerprint density at radius 3 is 2.00 bits per heavy atom. The first-order chi connectivity index (χ1) is 8.83. The summed E-state index contributed by atoms with van der Waals surface area (Å²) in [5.74, 6) is 0.480. The number of benzene rings is 1. The third kappa shape index (κ3) is 3.30. The predicted molar refractivity (Wildman–Crippen MR) is 70.3 cm³/mol. The largest absolute Gasteiger partial charge is 0.373 e. The summed E-state index contributed by atoms with van der Waals surface area (Å²) in [6, 6.07) is 8.50. The molecule has 2 rings (SSSR count). The highest BCUT2D eigenvalue weighted by Crippen LogP contribution is 2.39. The van der Waals surface area contributed by atoms with Crippen LogP contribution < -0.4 is 5.32 Å². The van der Waals surface area contributed by atoms with Crippen molar-refractivity contribution in [1.29, 1.82) is 0 Å². The first-order valence-corrected chi connectivity index (χ1v) is 6.21. The summed E-state index contributed by atoms with van der Waals surface area (Å²) in [6.07, 6.45) is 0.250. The van der Waals surface area contributed by atoms with Gasteiger partial charge in [0, 0.05) is 17.4 Å². The number of rotatable bonds is 1. The van der Waals surface area contributed by atoms with E-state index in [9.17, 15) is 4.79 Å². The van der Waals surface area contributed by atoms with E-state index < -0.39 is 0 Å². The van der Waals surface area contributed by atoms with Crippen LogP contribution >= 0.6 is 0 Å². The Hall–Kier alpha value is -1.93. The van der Waals surface area contributed by atoms with Crippen LogP contribution in [0.5, 0.6) is 0 Å². The van der Waals surface area contributed by atoms with Crippen molar-refractivity contribution in [1.82, 2.24) is 5.32 Å². The Bertz CT molecular complexity index is 485. The molecule has 102 valence electrons. The Kier molecular flexibility index (Phi) is 4.62. The Balaban J connectivity index is 0.000000550. The third-order valence-corrected chi connectivity index (χ3v) is 3.57. The number of nitrogens with one attached hydrogen (secondary N) is 1. The lowest BCUT2D eigenvalue weighted by atomic mass is 9.78. The molecule has 1 aliphatic rings. The summed E-state index contributed by atoms with van der Waals surface area (Å²) >= 11 is 0. The average Bonchev–Trinajstić information content (AvgIpc) is 2.51. The van der Waals surface area contributed by atoms with Crippen LogP contribution in [-0.2, 0) is 14.4 Å². The van der Waals surface area contributed by atoms with E-state index in [4.69, 9.17) is 9.59 Å². The summed E-state index contributed by atoms with van der Waals surface area (Å²) < 4.78 is 0. The van der Waals surface area contributed by atoms with Crippen molar-refractivity contribution < 1.29 is 14.4 Å². The zero-order valence-electron chi connectivity index (χ0n) is 11.7. The molecule has 1 N–H and O–H groups in total. The Morgan fingerprint density at radius 1 is 1.16 bits per heavy atom. The number of carbonyl (C=O) groups excluding carboxylic acids is 3. The highest BCUT2D eigenvalue weighted by atomic mass is 16.2. The van der Waals surface area contributed by atoms with E-state index in [2.05, 4.69) is 50.4 Å². The molecular formula is C15H19NO3. The number of amides is 1. The monoisotopic (exact) mass is 261 g/mol. The van der Waals surface area contributed by atoms with E-state index in [0.717, 1.165) is 0 Å². The van der Waals surface area contributed by atoms with Gasteiger partial charge in [-0.3, -0.25) is 4.79 Å². The highest BCUT2D eigenvalue weighted by Gasteiger charge is 2.45. The molecule has 2 atom stereocenters. The van der Waals surface area contributed by atoms with Gasteiger partial charge < -0.3 is 5.32 Å². The van der Waals surface area contributed by atoms with Gasteiger partial charge in [-0.15, -0.1) is 0 Å². The minimum Gasteiger partial charge on any atom is -0.350 e. The van der Waals surface area contributed by atoms with Crippen molar-refractivity contribution in [3.8, 4) is 0 Å². The van der Waals surface area contributed by atoms with Gasteiger partial charge in [0.05, 0.1) is 0 Å². The van der Waals surface area contributed by atoms with E-state index in [1.165, 1.54) is 11.1 Å². The Labute approximate surface area is 113 Å². The quantitative estimate of drug-likeness (QED) is 0.841. The fraction of sp³-hybridized carbons (Fsp3) is 0.467. The third-order valence-electron chi connectivity index (χ3n) is 3.57. The molecule has 0 bridgehead atoms. The van der Waals surface area contributed by atoms with E-state index >= 15 is 0 Å². The zero-order chi connectivity index (χ0) is 14.6. The molecule has 1 aromatic rings. The normalized spacial score (nSPS) is 23.9. The molecule has 0 saturated carbocycles. The van der Waals surface area contributed by atoms with Crippen LogP contribution in [0.25, 0.3) is 0 Å². The summed E-state index contributed by atoms with van der Waals surface area (Å²) in [4.78, 5) is 28.0. The maximum absolute atomic E-state index is 11.7. The summed E-state index contributed by atoms with van der Waals surface area (Å²) in [5.41, 5.74) is 2.36. The van der Waals surface area contributed by atoms with Gasteiger partial charge in [0.25, 0.3) is 0 Å². The molecule has 1 saturated heterocycles. The van der Waals surface area contributed by atoms with Crippen molar-refractivity contribution in [2.24, 2.45) is 5.92 Å². The predicted octanol–water partition coefficient (Wildman–Crippen LogP) is 2.04. The lowest BCUT2D eigenvalue weighted by molar-refractivity contribution is -0.191. The molecule has 19 heavy (non-hydrogen) atoms. The van der Waals surface area contributed by atoms with Crippen LogP contribution in [0.3, 0.4) is 0 Å². The topological polar surface area (TPSA) is 63.2 Å². The molecule has 0 radical (unpaired) electrons. The van der Waals surface area contributed by atoms with Gasteiger partial charge in [0.1, 0.15) is 0 Å². The molecule has 0 aromatic heterocycles. The van der Waals surface area contributed by atoms with Crippen molar-refractivity contribution in [3.63, 3.8) is 0 Å². The van der Waals surface area contributed by atoms with Gasteiger partial charge in [-0.1, -0.05) is 36.8 Å². The van der Waals surface area contributed by atoms with Crippen LogP contribution in [0.1, 0.15) is 37.8 Å². The number of carbonyl (C=O) groups is 1. The van der Waals surface area contributed by atoms with Gasteiger partial charge in [-0.05, 0) is 26.3 Å². The zero-order valence-corrected chi connectivity index (χ0v) is 11.7. The average molecular weight is 261 g/mol. The molecule has 1 aromatic carbocycles. The van der Waals surface area contributed by atoms with E-state index in [1.54, 1.807) is 0 Å². The van der Waals surface area contributed by atoms with Gasteiger partial charge in [-0.25, -0.2) is 0 Å². The van der Waals surface area contributed by atoms with Crippen molar-refractivity contribution in [2.45, 2.75) is 39.2 Å². The van der Waals surface area contributed by atoms with Crippen LogP contribution in [-0.4, -0.2) is 17.6 Å². The minimum absolute atomic E-state index is 0.0534. The SMILES string of the molecule is Cc1ccc([C@H]2[C@H](C)C(=O)NC2(C)C)cc1.O=C=O. The molecule has 1 amide bonds. The van der Waals surface area contributed by atoms with E-state index in [0.29, 0.717) is 0 Å². The molecule has 4 heteroatoms. The fourth-order valence-electron chi connectivity index (χ4n) is 2.76. The second kappa shape index (κ2) is 5.81. The number of aryl methyl sites for hydroxylation is 1. The molecule has 4 nitrogen and oxygen atoms in total. The van der Waals surface area contributed by atoms with Gasteiger partial charge in [-0.2, -0.15) is 9.59 Å². The molecule has 1 aliphatic heterocycles. The standard InChI is InChI=1S/C14H19NO.CO2/c1-9-5-7-11(8-6-9)12-10(2)13(16)15-14(12,3)4;2-1-3/h5-8,10,12H,1-4H3,(H,15,16);/t10-,12+;/m0./s1. The minimum atomic E-state index is -0.147. The van der Waals surface area contributed by atoms with Gasteiger partial charge in [0.15, 0.2) is 0 Å². The van der Waals surface area contributed by atoms with Crippen LogP contribution in [0, 0.1) is 12.8 Å². The summed E-state index contributed by atoms with van der Waals surface area (Å²) in [6.45, 7) is 8.28.